The second-order valence-electron chi connectivity index (χ2n) is 4.48. The van der Waals surface area contributed by atoms with E-state index in [0.29, 0.717) is 12.5 Å². The highest BCUT2D eigenvalue weighted by Gasteiger charge is 2.73. The van der Waals surface area contributed by atoms with Crippen LogP contribution in [-0.4, -0.2) is 83.1 Å². The Labute approximate surface area is 130 Å². The number of rotatable bonds is 3. The number of aliphatic imine (C=N–C) groups is 1. The monoisotopic (exact) mass is 344 g/mol. The summed E-state index contributed by atoms with van der Waals surface area (Å²) < 4.78 is 0. The Morgan fingerprint density at radius 2 is 1.46 bits per heavy atom. The number of nitrogens with one attached hydrogen (secondary N) is 1. The van der Waals surface area contributed by atoms with Gasteiger partial charge in [-0.05, 0) is 0 Å². The van der Waals surface area contributed by atoms with Crippen LogP contribution >= 0.6 is 0 Å². The minimum Gasteiger partial charge on any atom is -0.478 e. The summed E-state index contributed by atoms with van der Waals surface area (Å²) in [4.78, 5) is 60.2. The average Bonchev–Trinajstić information content (AvgIpc) is 2.88. The third-order valence-electron chi connectivity index (χ3n) is 3.39. The van der Waals surface area contributed by atoms with Gasteiger partial charge in [-0.25, -0.2) is 38.8 Å². The first-order chi connectivity index (χ1) is 11.0. The summed E-state index contributed by atoms with van der Waals surface area (Å²) >= 11 is 0. The number of amides is 2. The topological polar surface area (TPSA) is 217 Å². The number of carbonyl (C=O) groups is 5. The maximum Gasteiger partial charge on any atom is 0.414 e. The van der Waals surface area contributed by atoms with E-state index in [9.17, 15) is 44.4 Å². The molecule has 2 aliphatic rings. The summed E-state index contributed by atoms with van der Waals surface area (Å²) in [5, 5.41) is 48.7. The smallest absolute Gasteiger partial charge is 0.414 e. The Bertz CT molecular complexity index is 728. The SMILES string of the molecule is O=C(O)N1C=C2NC=NC2(C(=O)O)N(C(=O)O)C1(C(=O)O)C(=O)O. The van der Waals surface area contributed by atoms with Crippen molar-refractivity contribution in [3.05, 3.63) is 11.9 Å². The molecule has 24 heavy (non-hydrogen) atoms. The van der Waals surface area contributed by atoms with Crippen molar-refractivity contribution in [1.82, 2.24) is 15.1 Å². The van der Waals surface area contributed by atoms with Crippen molar-refractivity contribution in [2.45, 2.75) is 11.3 Å². The van der Waals surface area contributed by atoms with Crippen molar-refractivity contribution in [2.75, 3.05) is 0 Å². The number of carboxylic acid groups (broad SMARTS) is 5. The Balaban J connectivity index is 2.99. The van der Waals surface area contributed by atoms with E-state index in [0.717, 1.165) is 0 Å². The van der Waals surface area contributed by atoms with Crippen LogP contribution in [0.25, 0.3) is 0 Å². The van der Waals surface area contributed by atoms with Crippen LogP contribution in [0.5, 0.6) is 0 Å². The molecule has 0 spiro atoms. The van der Waals surface area contributed by atoms with Gasteiger partial charge >= 0.3 is 35.8 Å². The number of hydrogen-bond donors (Lipinski definition) is 6. The highest BCUT2D eigenvalue weighted by Crippen LogP contribution is 2.41. The molecule has 0 aromatic carbocycles. The summed E-state index contributed by atoms with van der Waals surface area (Å²) in [6.45, 7) is 0. The van der Waals surface area contributed by atoms with E-state index in [1.165, 1.54) is 0 Å². The fraction of sp³-hybridized carbons (Fsp3) is 0.200. The zero-order valence-electron chi connectivity index (χ0n) is 11.3. The highest BCUT2D eigenvalue weighted by atomic mass is 16.4. The lowest BCUT2D eigenvalue weighted by molar-refractivity contribution is -0.188. The Hall–Kier alpha value is -3.84. The highest BCUT2D eigenvalue weighted by molar-refractivity contribution is 6.10. The molecule has 2 aliphatic heterocycles. The van der Waals surface area contributed by atoms with E-state index in [2.05, 4.69) is 10.3 Å². The molecule has 2 rings (SSSR count). The van der Waals surface area contributed by atoms with Crippen LogP contribution in [0, 0.1) is 0 Å². The molecule has 2 heterocycles. The van der Waals surface area contributed by atoms with Crippen molar-refractivity contribution < 1.29 is 49.5 Å². The van der Waals surface area contributed by atoms with Gasteiger partial charge in [-0.1, -0.05) is 0 Å². The van der Waals surface area contributed by atoms with Gasteiger partial charge in [0, 0.05) is 6.20 Å². The van der Waals surface area contributed by atoms with E-state index >= 15 is 0 Å². The van der Waals surface area contributed by atoms with Crippen molar-refractivity contribution >= 4 is 36.4 Å². The predicted molar refractivity (Wildman–Crippen MR) is 67.8 cm³/mol. The second-order valence-corrected chi connectivity index (χ2v) is 4.48. The minimum absolute atomic E-state index is 0.343. The van der Waals surface area contributed by atoms with Crippen LogP contribution in [0.2, 0.25) is 0 Å². The third-order valence-corrected chi connectivity index (χ3v) is 3.39. The van der Waals surface area contributed by atoms with Gasteiger partial charge in [-0.15, -0.1) is 0 Å². The number of hydrogen-bond acceptors (Lipinski definition) is 7. The molecule has 0 fully saturated rings. The van der Waals surface area contributed by atoms with Crippen molar-refractivity contribution in [3.8, 4) is 0 Å². The van der Waals surface area contributed by atoms with Crippen LogP contribution < -0.4 is 5.32 Å². The Morgan fingerprint density at radius 3 is 1.83 bits per heavy atom. The van der Waals surface area contributed by atoms with E-state index in [-0.39, 0.29) is 4.90 Å². The number of fused-ring (bicyclic) bond motifs is 1. The lowest BCUT2D eigenvalue weighted by Crippen LogP contribution is -2.79. The maximum absolute atomic E-state index is 11.6. The fourth-order valence-electron chi connectivity index (χ4n) is 2.46. The molecular formula is C10H8N4O10. The van der Waals surface area contributed by atoms with Gasteiger partial charge in [0.2, 0.25) is 0 Å². The summed E-state index contributed by atoms with van der Waals surface area (Å²) in [6.07, 6.45) is -3.45. The summed E-state index contributed by atoms with van der Waals surface area (Å²) in [5.74, 6) is -6.93. The molecule has 0 radical (unpaired) electrons. The van der Waals surface area contributed by atoms with Gasteiger partial charge in [0.25, 0.3) is 5.66 Å². The van der Waals surface area contributed by atoms with Gasteiger partial charge in [-0.2, -0.15) is 0 Å². The van der Waals surface area contributed by atoms with Crippen LogP contribution in [0.1, 0.15) is 0 Å². The number of aliphatic carboxylic acids is 3. The largest absolute Gasteiger partial charge is 0.478 e. The number of carboxylic acids is 3. The predicted octanol–water partition coefficient (Wildman–Crippen LogP) is -1.92. The maximum atomic E-state index is 11.6. The van der Waals surface area contributed by atoms with Gasteiger partial charge in [0.05, 0.1) is 12.0 Å². The molecule has 0 aromatic heterocycles. The standard InChI is InChI=1S/C10H8N4O10/c15-4(16)9-3(11-2-12-9)1-13(7(21)22)10(5(17)18,6(19)20)14(9)8(23)24/h1-2H,(H,11,12)(H,15,16)(H,17,18)(H,19,20)(H,21,22)(H,23,24). The normalized spacial score (nSPS) is 23.8. The molecule has 0 aromatic rings. The first-order valence-electron chi connectivity index (χ1n) is 5.82. The molecule has 14 nitrogen and oxygen atoms in total. The van der Waals surface area contributed by atoms with Crippen molar-refractivity contribution in [3.63, 3.8) is 0 Å². The molecule has 0 bridgehead atoms. The van der Waals surface area contributed by atoms with E-state index in [1.54, 1.807) is 0 Å². The summed E-state index contributed by atoms with van der Waals surface area (Å²) in [5.41, 5.74) is -7.49. The molecule has 1 unspecified atom stereocenters. The molecule has 1 atom stereocenters. The van der Waals surface area contributed by atoms with Crippen molar-refractivity contribution in [1.29, 1.82) is 0 Å². The molecule has 0 saturated carbocycles. The molecular weight excluding hydrogens is 336 g/mol. The Kier molecular flexibility index (Phi) is 3.33. The first-order valence-corrected chi connectivity index (χ1v) is 5.82. The summed E-state index contributed by atoms with van der Waals surface area (Å²) in [7, 11) is 0. The van der Waals surface area contributed by atoms with Gasteiger partial charge < -0.3 is 30.8 Å². The molecule has 2 amide bonds. The quantitative estimate of drug-likeness (QED) is 0.310. The molecule has 14 heteroatoms. The first kappa shape index (κ1) is 16.5. The van der Waals surface area contributed by atoms with Gasteiger partial charge in [0.15, 0.2) is 0 Å². The van der Waals surface area contributed by atoms with Crippen LogP contribution in [0.4, 0.5) is 9.59 Å². The third kappa shape index (κ3) is 1.64. The minimum atomic E-state index is -3.82. The van der Waals surface area contributed by atoms with Crippen LogP contribution in [0.15, 0.2) is 16.9 Å². The molecule has 6 N–H and O–H groups in total. The zero-order chi connectivity index (χ0) is 18.4. The second kappa shape index (κ2) is 4.83. The zero-order valence-corrected chi connectivity index (χ0v) is 11.3. The molecule has 128 valence electrons. The average molecular weight is 344 g/mol. The van der Waals surface area contributed by atoms with E-state index in [4.69, 9.17) is 5.11 Å². The Morgan fingerprint density at radius 1 is 0.917 bits per heavy atom. The van der Waals surface area contributed by atoms with Crippen LogP contribution in [-0.2, 0) is 14.4 Å². The lowest BCUT2D eigenvalue weighted by atomic mass is 9.94. The molecule has 0 aliphatic carbocycles. The van der Waals surface area contributed by atoms with Crippen LogP contribution in [0.3, 0.4) is 0 Å². The number of nitrogens with zero attached hydrogens (tertiary/aromatic N) is 3. The van der Waals surface area contributed by atoms with E-state index < -0.39 is 52.0 Å². The summed E-state index contributed by atoms with van der Waals surface area (Å²) in [6, 6.07) is 0. The van der Waals surface area contributed by atoms with E-state index in [1.807, 2.05) is 0 Å². The fourth-order valence-corrected chi connectivity index (χ4v) is 2.46. The molecule has 0 saturated heterocycles. The van der Waals surface area contributed by atoms with Gasteiger partial charge in [-0.3, -0.25) is 0 Å². The van der Waals surface area contributed by atoms with Crippen molar-refractivity contribution in [2.24, 2.45) is 4.99 Å². The lowest BCUT2D eigenvalue weighted by Gasteiger charge is -2.48. The van der Waals surface area contributed by atoms with Gasteiger partial charge in [0.1, 0.15) is 0 Å².